The fraction of sp³-hybridized carbons (Fsp3) is 0.297. The van der Waals surface area contributed by atoms with E-state index in [1.165, 1.54) is 28.8 Å². The second-order valence-electron chi connectivity index (χ2n) is 12.3. The maximum atomic E-state index is 14.8. The van der Waals surface area contributed by atoms with E-state index in [-0.39, 0.29) is 35.9 Å². The minimum atomic E-state index is -4.33. The summed E-state index contributed by atoms with van der Waals surface area (Å²) in [6.07, 6.45) is 2.04. The smallest absolute Gasteiger partial charge is 0.264 e. The first kappa shape index (κ1) is 38.1. The van der Waals surface area contributed by atoms with Crippen LogP contribution in [0.15, 0.2) is 107 Å². The number of nitrogens with one attached hydrogen (secondary N) is 1. The molecule has 1 N–H and O–H groups in total. The monoisotopic (exact) mass is 741 g/mol. The normalized spacial score (nSPS) is 12.2. The molecule has 0 spiro atoms. The molecule has 1 unspecified atom stereocenters. The number of thioether (sulfide) groups is 1. The number of sulfonamides is 1. The molecule has 260 valence electrons. The molecule has 0 aliphatic heterocycles. The van der Waals surface area contributed by atoms with E-state index in [1.807, 2.05) is 57.4 Å². The maximum absolute atomic E-state index is 14.8. The van der Waals surface area contributed by atoms with Crippen LogP contribution in [0.1, 0.15) is 38.8 Å². The maximum Gasteiger partial charge on any atom is 0.264 e. The third kappa shape index (κ3) is 9.94. The van der Waals surface area contributed by atoms with Gasteiger partial charge < -0.3 is 15.0 Å². The van der Waals surface area contributed by atoms with Crippen molar-refractivity contribution < 1.29 is 22.7 Å². The van der Waals surface area contributed by atoms with Crippen LogP contribution in [-0.2, 0) is 32.6 Å². The fourth-order valence-corrected chi connectivity index (χ4v) is 7.54. The van der Waals surface area contributed by atoms with E-state index in [1.54, 1.807) is 61.5 Å². The van der Waals surface area contributed by atoms with Gasteiger partial charge in [-0.1, -0.05) is 71.7 Å². The van der Waals surface area contributed by atoms with Crippen LogP contribution in [0.4, 0.5) is 5.69 Å². The highest BCUT2D eigenvalue weighted by Crippen LogP contribution is 2.34. The highest BCUT2D eigenvalue weighted by atomic mass is 35.5. The van der Waals surface area contributed by atoms with Crippen molar-refractivity contribution in [3.05, 3.63) is 118 Å². The largest absolute Gasteiger partial charge is 0.492 e. The number of carbonyl (C=O) groups is 2. The van der Waals surface area contributed by atoms with Crippen LogP contribution in [0.5, 0.6) is 5.75 Å². The van der Waals surface area contributed by atoms with Gasteiger partial charge in [-0.15, -0.1) is 11.8 Å². The van der Waals surface area contributed by atoms with E-state index in [9.17, 15) is 18.0 Å². The van der Waals surface area contributed by atoms with E-state index in [4.69, 9.17) is 27.9 Å². The van der Waals surface area contributed by atoms with E-state index >= 15 is 0 Å². The van der Waals surface area contributed by atoms with Crippen LogP contribution < -0.4 is 14.4 Å². The van der Waals surface area contributed by atoms with Crippen LogP contribution in [0, 0.1) is 0 Å². The molecule has 0 saturated carbocycles. The van der Waals surface area contributed by atoms with Crippen LogP contribution in [-0.4, -0.2) is 56.1 Å². The molecule has 4 aromatic rings. The summed E-state index contributed by atoms with van der Waals surface area (Å²) < 4.78 is 35.8. The average molecular weight is 743 g/mol. The first-order chi connectivity index (χ1) is 23.2. The Morgan fingerprint density at radius 3 is 2.08 bits per heavy atom. The first-order valence-corrected chi connectivity index (χ1v) is 19.1. The van der Waals surface area contributed by atoms with Crippen molar-refractivity contribution in [1.82, 2.24) is 10.2 Å². The predicted octanol–water partition coefficient (Wildman–Crippen LogP) is 7.86. The Kier molecular flexibility index (Phi) is 13.1. The molecule has 0 fully saturated rings. The lowest BCUT2D eigenvalue weighted by molar-refractivity contribution is -0.140. The van der Waals surface area contributed by atoms with Gasteiger partial charge in [0, 0.05) is 39.0 Å². The minimum absolute atomic E-state index is 0.00332. The topological polar surface area (TPSA) is 96.0 Å². The lowest BCUT2D eigenvalue weighted by Crippen LogP contribution is -2.56. The van der Waals surface area contributed by atoms with E-state index in [2.05, 4.69) is 5.32 Å². The summed E-state index contributed by atoms with van der Waals surface area (Å²) >= 11 is 14.7. The van der Waals surface area contributed by atoms with Gasteiger partial charge >= 0.3 is 0 Å². The number of benzene rings is 4. The Hall–Kier alpha value is -3.70. The number of para-hydroxylation sites is 2. The summed E-state index contributed by atoms with van der Waals surface area (Å²) in [5, 5.41) is 3.63. The molecular formula is C37H41Cl2N3O5S2. The number of carbonyl (C=O) groups excluding carboxylic acids is 2. The highest BCUT2D eigenvalue weighted by molar-refractivity contribution is 7.98. The summed E-state index contributed by atoms with van der Waals surface area (Å²) in [5.41, 5.74) is 0.788. The number of nitrogens with zero attached hydrogens (tertiary/aromatic N) is 2. The van der Waals surface area contributed by atoms with Gasteiger partial charge in [-0.05, 0) is 88.0 Å². The van der Waals surface area contributed by atoms with Crippen LogP contribution >= 0.6 is 35.0 Å². The zero-order chi connectivity index (χ0) is 35.8. The molecule has 0 aromatic heterocycles. The Morgan fingerprint density at radius 2 is 1.49 bits per heavy atom. The van der Waals surface area contributed by atoms with Gasteiger partial charge in [0.15, 0.2) is 0 Å². The summed E-state index contributed by atoms with van der Waals surface area (Å²) in [7, 11) is -4.33. The number of anilines is 1. The zero-order valence-corrected chi connectivity index (χ0v) is 31.3. The van der Waals surface area contributed by atoms with Gasteiger partial charge in [0.1, 0.15) is 18.3 Å². The quantitative estimate of drug-likeness (QED) is 0.132. The second kappa shape index (κ2) is 16.8. The third-order valence-electron chi connectivity index (χ3n) is 7.52. The molecule has 2 amide bonds. The second-order valence-corrected chi connectivity index (χ2v) is 15.8. The Balaban J connectivity index is 1.89. The first-order valence-electron chi connectivity index (χ1n) is 15.7. The number of ether oxygens (including phenoxy) is 1. The van der Waals surface area contributed by atoms with Gasteiger partial charge in [0.25, 0.3) is 10.0 Å². The lowest BCUT2D eigenvalue weighted by atomic mass is 10.0. The summed E-state index contributed by atoms with van der Waals surface area (Å²) in [6, 6.07) is 26.4. The highest BCUT2D eigenvalue weighted by Gasteiger charge is 2.37. The number of amides is 2. The predicted molar refractivity (Wildman–Crippen MR) is 199 cm³/mol. The molecule has 4 aromatic carbocycles. The van der Waals surface area contributed by atoms with Crippen molar-refractivity contribution in [2.24, 2.45) is 0 Å². The number of hydrogen-bond donors (Lipinski definition) is 1. The third-order valence-corrected chi connectivity index (χ3v) is 10.7. The molecule has 49 heavy (non-hydrogen) atoms. The van der Waals surface area contributed by atoms with Crippen molar-refractivity contribution in [3.63, 3.8) is 0 Å². The molecule has 0 aliphatic rings. The summed E-state index contributed by atoms with van der Waals surface area (Å²) in [5.74, 6) is -0.768. The van der Waals surface area contributed by atoms with Crippen LogP contribution in [0.25, 0.3) is 0 Å². The Labute approximate surface area is 303 Å². The number of rotatable bonds is 14. The Bertz CT molecular complexity index is 1830. The number of halogens is 2. The van der Waals surface area contributed by atoms with Crippen molar-refractivity contribution >= 4 is 62.5 Å². The number of hydrogen-bond acceptors (Lipinski definition) is 6. The lowest BCUT2D eigenvalue weighted by Gasteiger charge is -2.35. The van der Waals surface area contributed by atoms with Crippen molar-refractivity contribution in [2.45, 2.75) is 62.0 Å². The molecule has 4 rings (SSSR count). The van der Waals surface area contributed by atoms with Gasteiger partial charge in [-0.3, -0.25) is 13.9 Å². The molecular weight excluding hydrogens is 701 g/mol. The molecule has 8 nitrogen and oxygen atoms in total. The van der Waals surface area contributed by atoms with Gasteiger partial charge in [-0.2, -0.15) is 0 Å². The van der Waals surface area contributed by atoms with Gasteiger partial charge in [0.05, 0.1) is 17.2 Å². The van der Waals surface area contributed by atoms with E-state index < -0.39 is 40.0 Å². The molecule has 0 radical (unpaired) electrons. The molecule has 0 bridgehead atoms. The summed E-state index contributed by atoms with van der Waals surface area (Å²) in [6.45, 7) is 6.81. The molecule has 0 heterocycles. The molecule has 1 atom stereocenters. The van der Waals surface area contributed by atoms with Crippen molar-refractivity contribution in [1.29, 1.82) is 0 Å². The van der Waals surface area contributed by atoms with Crippen LogP contribution in [0.3, 0.4) is 0 Å². The molecule has 12 heteroatoms. The zero-order valence-electron chi connectivity index (χ0n) is 28.2. The van der Waals surface area contributed by atoms with Gasteiger partial charge in [0.2, 0.25) is 11.8 Å². The molecule has 0 aliphatic carbocycles. The summed E-state index contributed by atoms with van der Waals surface area (Å²) in [4.78, 5) is 31.2. The average Bonchev–Trinajstić information content (AvgIpc) is 3.06. The van der Waals surface area contributed by atoms with Crippen molar-refractivity contribution in [2.75, 3.05) is 23.7 Å². The molecule has 0 saturated heterocycles. The minimum Gasteiger partial charge on any atom is -0.492 e. The van der Waals surface area contributed by atoms with Gasteiger partial charge in [-0.25, -0.2) is 8.42 Å². The van der Waals surface area contributed by atoms with Crippen LogP contribution in [0.2, 0.25) is 10.0 Å². The van der Waals surface area contributed by atoms with E-state index in [0.717, 1.165) is 14.8 Å². The fourth-order valence-electron chi connectivity index (χ4n) is 5.19. The SMILES string of the molecule is CCOc1ccccc1N(CC(=O)N(Cc1c(Cl)cccc1Cl)C(Cc1ccccc1)C(=O)NC(C)(C)C)S(=O)(=O)c1ccc(SC)cc1. The Morgan fingerprint density at radius 1 is 0.878 bits per heavy atom. The van der Waals surface area contributed by atoms with E-state index in [0.29, 0.717) is 15.6 Å². The van der Waals surface area contributed by atoms with Crippen molar-refractivity contribution in [3.8, 4) is 5.75 Å². The standard InChI is InChI=1S/C37H41Cl2N3O5S2/c1-6-47-34-18-11-10-17-32(34)42(49(45,46)28-21-19-27(48-5)20-22-28)25-35(43)41(24-29-30(38)15-12-16-31(29)39)33(36(44)40-37(2,3)4)23-26-13-8-7-9-14-26/h7-22,33H,6,23-25H2,1-5H3,(H,40,44).